The summed E-state index contributed by atoms with van der Waals surface area (Å²) < 4.78 is 17.6. The minimum Gasteiger partial charge on any atom is -0.464 e. The topological polar surface area (TPSA) is 96.3 Å². The van der Waals surface area contributed by atoms with Crippen molar-refractivity contribution in [3.05, 3.63) is 30.1 Å². The van der Waals surface area contributed by atoms with Gasteiger partial charge >= 0.3 is 5.97 Å². The van der Waals surface area contributed by atoms with E-state index in [9.17, 15) is 23.6 Å². The number of fused-ring (bicyclic) bond motifs is 1. The van der Waals surface area contributed by atoms with E-state index in [1.54, 1.807) is 0 Å². The standard InChI is InChI=1S/C15H12FN3O5/c1-7(20)19-12-10(11(17-19)15(23)24-2)13(21)18(14(12)22)9-5-3-8(16)4-6-9/h3-6,10,12H,1-2H3/t10-,12+/m0/s1. The summed E-state index contributed by atoms with van der Waals surface area (Å²) in [5.41, 5.74) is -0.158. The lowest BCUT2D eigenvalue weighted by molar-refractivity contribution is -0.136. The van der Waals surface area contributed by atoms with Gasteiger partial charge < -0.3 is 4.74 Å². The van der Waals surface area contributed by atoms with Crippen molar-refractivity contribution in [3.8, 4) is 0 Å². The van der Waals surface area contributed by atoms with Gasteiger partial charge in [0, 0.05) is 6.92 Å². The van der Waals surface area contributed by atoms with Crippen molar-refractivity contribution < 1.29 is 28.3 Å². The van der Waals surface area contributed by atoms with E-state index in [1.807, 2.05) is 0 Å². The monoisotopic (exact) mass is 333 g/mol. The fourth-order valence-corrected chi connectivity index (χ4v) is 2.79. The summed E-state index contributed by atoms with van der Waals surface area (Å²) >= 11 is 0. The van der Waals surface area contributed by atoms with Crippen LogP contribution >= 0.6 is 0 Å². The normalized spacial score (nSPS) is 22.5. The Morgan fingerprint density at radius 1 is 1.17 bits per heavy atom. The van der Waals surface area contributed by atoms with E-state index < -0.39 is 41.5 Å². The molecule has 0 aliphatic carbocycles. The molecule has 9 heteroatoms. The van der Waals surface area contributed by atoms with Crippen molar-refractivity contribution in [2.75, 3.05) is 12.0 Å². The molecule has 3 rings (SSSR count). The second kappa shape index (κ2) is 5.52. The molecule has 0 saturated carbocycles. The van der Waals surface area contributed by atoms with Crippen molar-refractivity contribution in [2.24, 2.45) is 11.0 Å². The highest BCUT2D eigenvalue weighted by Crippen LogP contribution is 2.35. The molecule has 0 spiro atoms. The Morgan fingerprint density at radius 3 is 2.33 bits per heavy atom. The summed E-state index contributed by atoms with van der Waals surface area (Å²) in [5, 5.41) is 4.59. The summed E-state index contributed by atoms with van der Waals surface area (Å²) in [7, 11) is 1.11. The molecule has 1 aromatic carbocycles. The number of hydrazone groups is 1. The van der Waals surface area contributed by atoms with Gasteiger partial charge in [-0.1, -0.05) is 0 Å². The maximum atomic E-state index is 13.1. The molecule has 2 heterocycles. The lowest BCUT2D eigenvalue weighted by Gasteiger charge is -2.19. The fourth-order valence-electron chi connectivity index (χ4n) is 2.79. The predicted molar refractivity (Wildman–Crippen MR) is 78.1 cm³/mol. The third kappa shape index (κ3) is 2.16. The van der Waals surface area contributed by atoms with Crippen LogP contribution in [0.2, 0.25) is 0 Å². The number of carbonyl (C=O) groups excluding carboxylic acids is 4. The lowest BCUT2D eigenvalue weighted by Crippen LogP contribution is -2.41. The highest BCUT2D eigenvalue weighted by Gasteiger charge is 2.59. The van der Waals surface area contributed by atoms with E-state index in [4.69, 9.17) is 0 Å². The Hall–Kier alpha value is -3.10. The van der Waals surface area contributed by atoms with E-state index in [-0.39, 0.29) is 11.4 Å². The van der Waals surface area contributed by atoms with Crippen molar-refractivity contribution >= 4 is 35.1 Å². The Kier molecular flexibility index (Phi) is 3.63. The zero-order valence-electron chi connectivity index (χ0n) is 12.7. The number of rotatable bonds is 2. The summed E-state index contributed by atoms with van der Waals surface area (Å²) in [6, 6.07) is 3.48. The number of nitrogens with zero attached hydrogens (tertiary/aromatic N) is 3. The van der Waals surface area contributed by atoms with Crippen LogP contribution in [0.15, 0.2) is 29.4 Å². The van der Waals surface area contributed by atoms with Gasteiger partial charge in [0.05, 0.1) is 12.8 Å². The van der Waals surface area contributed by atoms with Crippen LogP contribution in [0.25, 0.3) is 0 Å². The van der Waals surface area contributed by atoms with Gasteiger partial charge in [-0.2, -0.15) is 5.10 Å². The molecule has 24 heavy (non-hydrogen) atoms. The maximum Gasteiger partial charge on any atom is 0.355 e. The molecule has 2 atom stereocenters. The number of halogens is 1. The van der Waals surface area contributed by atoms with Gasteiger partial charge in [0.15, 0.2) is 11.8 Å². The number of hydrogen-bond acceptors (Lipinski definition) is 6. The van der Waals surface area contributed by atoms with Crippen molar-refractivity contribution in [1.29, 1.82) is 0 Å². The van der Waals surface area contributed by atoms with Crippen molar-refractivity contribution in [3.63, 3.8) is 0 Å². The minimum absolute atomic E-state index is 0.147. The van der Waals surface area contributed by atoms with Crippen LogP contribution < -0.4 is 4.90 Å². The van der Waals surface area contributed by atoms with Crippen molar-refractivity contribution in [1.82, 2.24) is 5.01 Å². The first-order chi connectivity index (χ1) is 11.4. The van der Waals surface area contributed by atoms with Crippen LogP contribution in [0.3, 0.4) is 0 Å². The van der Waals surface area contributed by atoms with Crippen molar-refractivity contribution in [2.45, 2.75) is 13.0 Å². The fraction of sp³-hybridized carbons (Fsp3) is 0.267. The summed E-state index contributed by atoms with van der Waals surface area (Å²) in [6.45, 7) is 1.17. The second-order valence-electron chi connectivity index (χ2n) is 5.25. The molecule has 124 valence electrons. The van der Waals surface area contributed by atoms with Crippen LogP contribution in [0, 0.1) is 11.7 Å². The lowest BCUT2D eigenvalue weighted by atomic mass is 9.98. The summed E-state index contributed by atoms with van der Waals surface area (Å²) in [5.74, 6) is -4.68. The summed E-state index contributed by atoms with van der Waals surface area (Å²) in [4.78, 5) is 49.7. The average Bonchev–Trinajstić information content (AvgIpc) is 3.06. The van der Waals surface area contributed by atoms with Crippen LogP contribution in [0.4, 0.5) is 10.1 Å². The molecule has 0 N–H and O–H groups in total. The van der Waals surface area contributed by atoms with Crippen LogP contribution in [-0.2, 0) is 23.9 Å². The highest BCUT2D eigenvalue weighted by molar-refractivity contribution is 6.46. The molecule has 0 bridgehead atoms. The third-order valence-corrected chi connectivity index (χ3v) is 3.85. The number of anilines is 1. The number of imide groups is 1. The van der Waals surface area contributed by atoms with Gasteiger partial charge in [0.2, 0.25) is 11.8 Å². The average molecular weight is 333 g/mol. The first kappa shape index (κ1) is 15.8. The van der Waals surface area contributed by atoms with Gasteiger partial charge in [0.25, 0.3) is 5.91 Å². The zero-order valence-corrected chi connectivity index (χ0v) is 12.7. The number of hydrogen-bond donors (Lipinski definition) is 0. The van der Waals surface area contributed by atoms with Gasteiger partial charge in [-0.3, -0.25) is 14.4 Å². The van der Waals surface area contributed by atoms with Gasteiger partial charge in [0.1, 0.15) is 11.7 Å². The quantitative estimate of drug-likeness (QED) is 0.564. The van der Waals surface area contributed by atoms with E-state index in [0.29, 0.717) is 0 Å². The van der Waals surface area contributed by atoms with Gasteiger partial charge in [-0.25, -0.2) is 19.1 Å². The number of amides is 3. The van der Waals surface area contributed by atoms with Gasteiger partial charge in [-0.05, 0) is 24.3 Å². The minimum atomic E-state index is -1.24. The van der Waals surface area contributed by atoms with E-state index in [2.05, 4.69) is 9.84 Å². The first-order valence-electron chi connectivity index (χ1n) is 6.96. The van der Waals surface area contributed by atoms with Crippen LogP contribution in [-0.4, -0.2) is 47.6 Å². The maximum absolute atomic E-state index is 13.1. The number of methoxy groups -OCH3 is 1. The zero-order chi connectivity index (χ0) is 17.6. The molecule has 0 unspecified atom stereocenters. The molecule has 3 amide bonds. The molecular formula is C15H12FN3O5. The first-order valence-corrected chi connectivity index (χ1v) is 6.96. The number of esters is 1. The molecular weight excluding hydrogens is 321 g/mol. The molecule has 1 fully saturated rings. The molecule has 1 saturated heterocycles. The molecule has 1 aromatic rings. The van der Waals surface area contributed by atoms with Crippen LogP contribution in [0.1, 0.15) is 6.92 Å². The van der Waals surface area contributed by atoms with E-state index >= 15 is 0 Å². The highest BCUT2D eigenvalue weighted by atomic mass is 19.1. The Morgan fingerprint density at radius 2 is 1.79 bits per heavy atom. The largest absolute Gasteiger partial charge is 0.464 e. The Bertz CT molecular complexity index is 789. The third-order valence-electron chi connectivity index (χ3n) is 3.85. The number of carbonyl (C=O) groups is 4. The second-order valence-corrected chi connectivity index (χ2v) is 5.25. The predicted octanol–water partition coefficient (Wildman–Crippen LogP) is 0.0748. The molecule has 8 nitrogen and oxygen atoms in total. The van der Waals surface area contributed by atoms with Crippen LogP contribution in [0.5, 0.6) is 0 Å². The Balaban J connectivity index is 2.05. The SMILES string of the molecule is COC(=O)C1=NN(C(C)=O)[C@H]2C(=O)N(c3ccc(F)cc3)C(=O)[C@@H]12. The molecule has 2 aliphatic rings. The Labute approximate surface area is 135 Å². The summed E-state index contributed by atoms with van der Waals surface area (Å²) in [6.07, 6.45) is 0. The smallest absolute Gasteiger partial charge is 0.355 e. The molecule has 0 radical (unpaired) electrons. The molecule has 0 aromatic heterocycles. The van der Waals surface area contributed by atoms with E-state index in [0.717, 1.165) is 29.2 Å². The number of benzene rings is 1. The number of ether oxygens (including phenoxy) is 1. The van der Waals surface area contributed by atoms with E-state index in [1.165, 1.54) is 19.1 Å². The van der Waals surface area contributed by atoms with Gasteiger partial charge in [-0.15, -0.1) is 0 Å². The molecule has 2 aliphatic heterocycles.